The monoisotopic (exact) mass is 384 g/mol. The van der Waals surface area contributed by atoms with Crippen molar-refractivity contribution in [1.82, 2.24) is 5.32 Å². The number of rotatable bonds is 5. The van der Waals surface area contributed by atoms with Gasteiger partial charge in [0.25, 0.3) is 11.6 Å². The van der Waals surface area contributed by atoms with E-state index in [2.05, 4.69) is 10.6 Å². The van der Waals surface area contributed by atoms with Crippen LogP contribution >= 0.6 is 0 Å². The number of carbonyl (C=O) groups excluding carboxylic acids is 2. The van der Waals surface area contributed by atoms with E-state index in [4.69, 9.17) is 4.74 Å². The number of para-hydroxylation sites is 2. The summed E-state index contributed by atoms with van der Waals surface area (Å²) >= 11 is 0. The highest BCUT2D eigenvalue weighted by Crippen LogP contribution is 2.33. The van der Waals surface area contributed by atoms with Crippen molar-refractivity contribution in [2.24, 2.45) is 0 Å². The fourth-order valence-electron chi connectivity index (χ4n) is 3.02. The van der Waals surface area contributed by atoms with Crippen molar-refractivity contribution >= 4 is 28.9 Å². The number of nitrogens with zero attached hydrogens (tertiary/aromatic N) is 2. The van der Waals surface area contributed by atoms with Crippen molar-refractivity contribution in [3.8, 4) is 5.75 Å². The van der Waals surface area contributed by atoms with Crippen molar-refractivity contribution in [3.05, 3.63) is 58.1 Å². The number of fused-ring (bicyclic) bond motifs is 1. The van der Waals surface area contributed by atoms with Gasteiger partial charge in [-0.1, -0.05) is 18.2 Å². The number of benzene rings is 2. The zero-order valence-corrected chi connectivity index (χ0v) is 15.5. The van der Waals surface area contributed by atoms with Crippen LogP contribution in [0.25, 0.3) is 0 Å². The zero-order chi connectivity index (χ0) is 20.3. The highest BCUT2D eigenvalue weighted by atomic mass is 16.6. The quantitative estimate of drug-likeness (QED) is 0.601. The summed E-state index contributed by atoms with van der Waals surface area (Å²) in [5, 5.41) is 16.4. The first kappa shape index (κ1) is 19.2. The molecule has 0 aromatic heterocycles. The summed E-state index contributed by atoms with van der Waals surface area (Å²) in [5.74, 6) is -0.232. The molecule has 0 aliphatic carbocycles. The molecule has 0 fully saturated rings. The maximum absolute atomic E-state index is 12.6. The summed E-state index contributed by atoms with van der Waals surface area (Å²) in [5.41, 5.74) is 1.36. The van der Waals surface area contributed by atoms with Crippen LogP contribution in [0.1, 0.15) is 5.56 Å². The molecule has 0 bridgehead atoms. The molecule has 28 heavy (non-hydrogen) atoms. The lowest BCUT2D eigenvalue weighted by atomic mass is 10.1. The van der Waals surface area contributed by atoms with Crippen molar-refractivity contribution < 1.29 is 19.2 Å². The smallest absolute Gasteiger partial charge is 0.293 e. The fraction of sp³-hybridized carbons (Fsp3) is 0.263. The van der Waals surface area contributed by atoms with Crippen LogP contribution in [0.4, 0.5) is 17.1 Å². The summed E-state index contributed by atoms with van der Waals surface area (Å²) in [4.78, 5) is 37.0. The molecule has 2 aromatic rings. The molecule has 0 spiro atoms. The van der Waals surface area contributed by atoms with E-state index in [1.54, 1.807) is 42.2 Å². The van der Waals surface area contributed by atoms with Gasteiger partial charge >= 0.3 is 0 Å². The molecule has 1 aliphatic heterocycles. The number of nitro groups is 1. The van der Waals surface area contributed by atoms with Gasteiger partial charge in [0.2, 0.25) is 5.91 Å². The highest BCUT2D eigenvalue weighted by Gasteiger charge is 2.31. The molecular weight excluding hydrogens is 364 g/mol. The largest absolute Gasteiger partial charge is 0.477 e. The number of carbonyl (C=O) groups is 2. The Morgan fingerprint density at radius 2 is 2.04 bits per heavy atom. The van der Waals surface area contributed by atoms with Crippen molar-refractivity contribution in [2.45, 2.75) is 13.0 Å². The molecule has 2 N–H and O–H groups in total. The third kappa shape index (κ3) is 4.03. The van der Waals surface area contributed by atoms with Crippen LogP contribution in [0.2, 0.25) is 0 Å². The molecule has 1 unspecified atom stereocenters. The molecule has 0 saturated heterocycles. The Balaban J connectivity index is 1.80. The van der Waals surface area contributed by atoms with Crippen LogP contribution in [-0.4, -0.2) is 43.0 Å². The van der Waals surface area contributed by atoms with Crippen LogP contribution in [0.3, 0.4) is 0 Å². The molecular formula is C19H20N4O5. The van der Waals surface area contributed by atoms with E-state index in [0.29, 0.717) is 11.4 Å². The van der Waals surface area contributed by atoms with Gasteiger partial charge in [-0.05, 0) is 30.7 Å². The normalized spacial score (nSPS) is 15.2. The standard InChI is InChI=1S/C19H20N4O5/c1-12-7-8-13(15(9-12)23(26)27)21-18(24)11-22-10-17(19(25)20-2)28-16-6-4-3-5-14(16)22/h3-9,17H,10-11H2,1-2H3,(H,20,25)(H,21,24). The summed E-state index contributed by atoms with van der Waals surface area (Å²) < 4.78 is 5.70. The van der Waals surface area contributed by atoms with E-state index >= 15 is 0 Å². The molecule has 2 amide bonds. The van der Waals surface area contributed by atoms with E-state index in [0.717, 1.165) is 5.56 Å². The molecule has 1 atom stereocenters. The number of likely N-dealkylation sites (N-methyl/N-ethyl adjacent to an activating group) is 1. The highest BCUT2D eigenvalue weighted by molar-refractivity contribution is 5.96. The Morgan fingerprint density at radius 3 is 2.75 bits per heavy atom. The third-order valence-corrected chi connectivity index (χ3v) is 4.36. The van der Waals surface area contributed by atoms with E-state index in [1.807, 2.05) is 0 Å². The number of ether oxygens (including phenoxy) is 1. The number of amides is 2. The Kier molecular flexibility index (Phi) is 5.44. The third-order valence-electron chi connectivity index (χ3n) is 4.36. The van der Waals surface area contributed by atoms with Gasteiger partial charge in [-0.3, -0.25) is 19.7 Å². The molecule has 2 aromatic carbocycles. The van der Waals surface area contributed by atoms with Crippen molar-refractivity contribution in [3.63, 3.8) is 0 Å². The minimum absolute atomic E-state index is 0.0844. The Labute approximate surface area is 161 Å². The van der Waals surface area contributed by atoms with E-state index < -0.39 is 16.9 Å². The number of anilines is 2. The average molecular weight is 384 g/mol. The Bertz CT molecular complexity index is 930. The van der Waals surface area contributed by atoms with E-state index in [-0.39, 0.29) is 30.4 Å². The van der Waals surface area contributed by atoms with Gasteiger partial charge in [0.15, 0.2) is 6.10 Å². The molecule has 1 aliphatic rings. The maximum atomic E-state index is 12.6. The van der Waals surface area contributed by atoms with Crippen molar-refractivity contribution in [1.29, 1.82) is 0 Å². The second-order valence-corrected chi connectivity index (χ2v) is 6.39. The van der Waals surface area contributed by atoms with E-state index in [9.17, 15) is 19.7 Å². The molecule has 0 radical (unpaired) electrons. The number of nitrogens with one attached hydrogen (secondary N) is 2. The number of hydrogen-bond donors (Lipinski definition) is 2. The predicted octanol–water partition coefficient (Wildman–Crippen LogP) is 1.86. The fourth-order valence-corrected chi connectivity index (χ4v) is 3.02. The lowest BCUT2D eigenvalue weighted by Crippen LogP contribution is -2.50. The first-order valence-corrected chi connectivity index (χ1v) is 8.66. The zero-order valence-electron chi connectivity index (χ0n) is 15.5. The summed E-state index contributed by atoms with van der Waals surface area (Å²) in [7, 11) is 1.51. The van der Waals surface area contributed by atoms with Gasteiger partial charge in [0.05, 0.1) is 23.7 Å². The van der Waals surface area contributed by atoms with Crippen molar-refractivity contribution in [2.75, 3.05) is 30.4 Å². The van der Waals surface area contributed by atoms with Gasteiger partial charge in [-0.15, -0.1) is 0 Å². The SMILES string of the molecule is CNC(=O)C1CN(CC(=O)Nc2ccc(C)cc2[N+](=O)[O-])c2ccccc2O1. The number of aryl methyl sites for hydroxylation is 1. The Morgan fingerprint density at radius 1 is 1.29 bits per heavy atom. The van der Waals surface area contributed by atoms with Gasteiger partial charge in [0.1, 0.15) is 11.4 Å². The number of nitro benzene ring substituents is 1. The predicted molar refractivity (Wildman–Crippen MR) is 104 cm³/mol. The van der Waals surface area contributed by atoms with Gasteiger partial charge in [-0.2, -0.15) is 0 Å². The maximum Gasteiger partial charge on any atom is 0.293 e. The molecule has 3 rings (SSSR count). The van der Waals surface area contributed by atoms with Gasteiger partial charge in [-0.25, -0.2) is 0 Å². The molecule has 146 valence electrons. The lowest BCUT2D eigenvalue weighted by molar-refractivity contribution is -0.384. The second-order valence-electron chi connectivity index (χ2n) is 6.39. The first-order chi connectivity index (χ1) is 13.4. The minimum atomic E-state index is -0.763. The molecule has 9 nitrogen and oxygen atoms in total. The number of hydrogen-bond acceptors (Lipinski definition) is 6. The van der Waals surface area contributed by atoms with Crippen LogP contribution in [0.5, 0.6) is 5.75 Å². The van der Waals surface area contributed by atoms with Gasteiger partial charge < -0.3 is 20.3 Å². The van der Waals surface area contributed by atoms with Crippen LogP contribution < -0.4 is 20.3 Å². The van der Waals surface area contributed by atoms with Crippen LogP contribution in [0, 0.1) is 17.0 Å². The topological polar surface area (TPSA) is 114 Å². The Hall–Kier alpha value is -3.62. The second kappa shape index (κ2) is 7.95. The minimum Gasteiger partial charge on any atom is -0.477 e. The van der Waals surface area contributed by atoms with E-state index in [1.165, 1.54) is 19.2 Å². The summed E-state index contributed by atoms with van der Waals surface area (Å²) in [6.45, 7) is 1.83. The van der Waals surface area contributed by atoms with Crippen LogP contribution in [-0.2, 0) is 9.59 Å². The average Bonchev–Trinajstić information content (AvgIpc) is 2.68. The molecule has 1 heterocycles. The van der Waals surface area contributed by atoms with Crippen LogP contribution in [0.15, 0.2) is 42.5 Å². The molecule has 0 saturated carbocycles. The molecule has 9 heteroatoms. The lowest BCUT2D eigenvalue weighted by Gasteiger charge is -2.34. The first-order valence-electron chi connectivity index (χ1n) is 8.66. The summed E-state index contributed by atoms with van der Waals surface area (Å²) in [6, 6.07) is 11.7. The summed E-state index contributed by atoms with van der Waals surface area (Å²) in [6.07, 6.45) is -0.763. The van der Waals surface area contributed by atoms with Gasteiger partial charge in [0, 0.05) is 13.1 Å².